The summed E-state index contributed by atoms with van der Waals surface area (Å²) in [5.74, 6) is 0.0705. The Bertz CT molecular complexity index is 768. The van der Waals surface area contributed by atoms with Crippen molar-refractivity contribution in [1.29, 1.82) is 0 Å². The van der Waals surface area contributed by atoms with Crippen LogP contribution in [0.2, 0.25) is 0 Å². The molecule has 0 fully saturated rings. The van der Waals surface area contributed by atoms with E-state index in [1.165, 1.54) is 4.68 Å². The van der Waals surface area contributed by atoms with Gasteiger partial charge in [0.05, 0.1) is 17.7 Å². The van der Waals surface area contributed by atoms with Crippen LogP contribution >= 0.6 is 0 Å². The van der Waals surface area contributed by atoms with E-state index in [1.807, 2.05) is 24.3 Å². The number of nitrogens with one attached hydrogen (secondary N) is 1. The van der Waals surface area contributed by atoms with E-state index in [1.54, 1.807) is 0 Å². The van der Waals surface area contributed by atoms with Gasteiger partial charge in [-0.1, -0.05) is 18.2 Å². The number of rotatable bonds is 1. The Hall–Kier alpha value is -2.34. The number of aliphatic hydroxyl groups excluding tert-OH is 1. The lowest BCUT2D eigenvalue weighted by Gasteiger charge is -2.25. The summed E-state index contributed by atoms with van der Waals surface area (Å²) < 4.78 is 1.36. The molecule has 0 saturated heterocycles. The number of nitrogen functional groups attached to an aromatic ring is 1. The molecule has 6 nitrogen and oxygen atoms in total. The predicted octanol–water partition coefficient (Wildman–Crippen LogP) is 1.55. The van der Waals surface area contributed by atoms with Gasteiger partial charge < -0.3 is 16.2 Å². The minimum absolute atomic E-state index is 0.0830. The van der Waals surface area contributed by atoms with Gasteiger partial charge in [0.25, 0.3) is 5.91 Å². The summed E-state index contributed by atoms with van der Waals surface area (Å²) in [5.41, 5.74) is 9.85. The molecule has 4 rings (SSSR count). The van der Waals surface area contributed by atoms with Crippen LogP contribution in [-0.4, -0.2) is 33.4 Å². The molecule has 0 spiro atoms. The third-order valence-electron chi connectivity index (χ3n) is 4.85. The van der Waals surface area contributed by atoms with E-state index in [-0.39, 0.29) is 11.8 Å². The summed E-state index contributed by atoms with van der Waals surface area (Å²) in [6.07, 6.45) is 2.16. The second kappa shape index (κ2) is 5.38. The van der Waals surface area contributed by atoms with Crippen LogP contribution in [0.4, 0.5) is 11.5 Å². The topological polar surface area (TPSA) is 93.2 Å². The molecule has 2 unspecified atom stereocenters. The van der Waals surface area contributed by atoms with Gasteiger partial charge in [-0.2, -0.15) is 9.78 Å². The number of hydrogen-bond acceptors (Lipinski definition) is 5. The fourth-order valence-electron chi connectivity index (χ4n) is 3.62. The van der Waals surface area contributed by atoms with Crippen molar-refractivity contribution in [1.82, 2.24) is 9.78 Å². The molecule has 0 radical (unpaired) electrons. The van der Waals surface area contributed by atoms with E-state index in [4.69, 9.17) is 5.73 Å². The first-order valence-corrected chi connectivity index (χ1v) is 8.06. The summed E-state index contributed by atoms with van der Waals surface area (Å²) in [6, 6.07) is 7.87. The second-order valence-electron chi connectivity index (χ2n) is 6.31. The fraction of sp³-hybridized carbons (Fsp3) is 0.412. The number of benzene rings is 1. The van der Waals surface area contributed by atoms with Crippen LogP contribution in [0.5, 0.6) is 0 Å². The van der Waals surface area contributed by atoms with Crippen molar-refractivity contribution in [2.75, 3.05) is 17.6 Å². The fourth-order valence-corrected chi connectivity index (χ4v) is 3.62. The van der Waals surface area contributed by atoms with Crippen LogP contribution in [0.25, 0.3) is 0 Å². The number of carbonyl (C=O) groups excluding carboxylic acids is 1. The molecular weight excluding hydrogens is 292 g/mol. The molecule has 120 valence electrons. The Kier molecular flexibility index (Phi) is 3.34. The lowest BCUT2D eigenvalue weighted by Crippen LogP contribution is -2.28. The molecule has 2 aromatic rings. The molecule has 4 N–H and O–H groups in total. The highest BCUT2D eigenvalue weighted by atomic mass is 16.3. The quantitative estimate of drug-likeness (QED) is 0.743. The summed E-state index contributed by atoms with van der Waals surface area (Å²) in [6.45, 7) is 0.757. The van der Waals surface area contributed by atoms with Gasteiger partial charge in [0, 0.05) is 24.2 Å². The summed E-state index contributed by atoms with van der Waals surface area (Å²) >= 11 is 0. The molecule has 23 heavy (non-hydrogen) atoms. The molecule has 1 aliphatic heterocycles. The van der Waals surface area contributed by atoms with Crippen molar-refractivity contribution in [2.24, 2.45) is 0 Å². The molecule has 0 bridgehead atoms. The van der Waals surface area contributed by atoms with Gasteiger partial charge in [0.1, 0.15) is 5.82 Å². The highest BCUT2D eigenvalue weighted by Crippen LogP contribution is 2.34. The largest absolute Gasteiger partial charge is 0.393 e. The van der Waals surface area contributed by atoms with E-state index < -0.39 is 6.10 Å². The highest BCUT2D eigenvalue weighted by Gasteiger charge is 2.32. The average Bonchev–Trinajstić information content (AvgIpc) is 2.90. The number of carbonyl (C=O) groups is 1. The standard InChI is InChI=1S/C17H20N4O2/c18-16-13-9-10(22)5-6-15(13)20-21(16)17(23)12-7-8-19-14-4-2-1-3-11(12)14/h1-4,10,12,19,22H,5-9,18H2. The lowest BCUT2D eigenvalue weighted by molar-refractivity contribution is 0.0859. The number of hydrogen-bond donors (Lipinski definition) is 3. The van der Waals surface area contributed by atoms with E-state index in [9.17, 15) is 9.90 Å². The zero-order chi connectivity index (χ0) is 16.0. The Morgan fingerprint density at radius 1 is 1.35 bits per heavy atom. The van der Waals surface area contributed by atoms with Crippen molar-refractivity contribution in [3.63, 3.8) is 0 Å². The normalized spacial score (nSPS) is 22.8. The lowest BCUT2D eigenvalue weighted by atomic mass is 9.90. The number of fused-ring (bicyclic) bond motifs is 2. The smallest absolute Gasteiger partial charge is 0.256 e. The van der Waals surface area contributed by atoms with Crippen molar-refractivity contribution < 1.29 is 9.90 Å². The summed E-state index contributed by atoms with van der Waals surface area (Å²) in [7, 11) is 0. The Labute approximate surface area is 134 Å². The summed E-state index contributed by atoms with van der Waals surface area (Å²) in [5, 5.41) is 17.6. The second-order valence-corrected chi connectivity index (χ2v) is 6.31. The molecule has 6 heteroatoms. The van der Waals surface area contributed by atoms with Gasteiger partial charge in [0.15, 0.2) is 0 Å². The average molecular weight is 312 g/mol. The number of aryl methyl sites for hydroxylation is 1. The predicted molar refractivity (Wildman–Crippen MR) is 87.6 cm³/mol. The molecule has 1 aliphatic carbocycles. The molecule has 0 saturated carbocycles. The monoisotopic (exact) mass is 312 g/mol. The van der Waals surface area contributed by atoms with E-state index >= 15 is 0 Å². The maximum Gasteiger partial charge on any atom is 0.256 e. The van der Waals surface area contributed by atoms with Gasteiger partial charge in [-0.25, -0.2) is 0 Å². The molecule has 0 amide bonds. The van der Waals surface area contributed by atoms with E-state index in [0.29, 0.717) is 25.1 Å². The Morgan fingerprint density at radius 3 is 3.04 bits per heavy atom. The van der Waals surface area contributed by atoms with Crippen LogP contribution < -0.4 is 11.1 Å². The first-order valence-electron chi connectivity index (χ1n) is 8.06. The van der Waals surface area contributed by atoms with Gasteiger partial charge in [-0.3, -0.25) is 4.79 Å². The van der Waals surface area contributed by atoms with Crippen LogP contribution in [0, 0.1) is 0 Å². The minimum Gasteiger partial charge on any atom is -0.393 e. The third-order valence-corrected chi connectivity index (χ3v) is 4.85. The number of aromatic nitrogens is 2. The highest BCUT2D eigenvalue weighted by molar-refractivity contribution is 5.90. The van der Waals surface area contributed by atoms with Crippen LogP contribution in [-0.2, 0) is 12.8 Å². The Balaban J connectivity index is 1.71. The zero-order valence-corrected chi connectivity index (χ0v) is 12.8. The van der Waals surface area contributed by atoms with E-state index in [0.717, 1.165) is 35.5 Å². The SMILES string of the molecule is Nc1c2c(nn1C(=O)C1CCNc3ccccc31)CCC(O)C2. The van der Waals surface area contributed by atoms with Gasteiger partial charge in [0.2, 0.25) is 0 Å². The van der Waals surface area contributed by atoms with Crippen molar-refractivity contribution >= 4 is 17.4 Å². The molecule has 2 heterocycles. The number of nitrogens with zero attached hydrogens (tertiary/aromatic N) is 2. The molecular formula is C17H20N4O2. The van der Waals surface area contributed by atoms with Crippen LogP contribution in [0.3, 0.4) is 0 Å². The van der Waals surface area contributed by atoms with Gasteiger partial charge in [-0.05, 0) is 30.9 Å². The molecule has 1 aromatic heterocycles. The number of nitrogens with two attached hydrogens (primary N) is 1. The number of anilines is 2. The zero-order valence-electron chi connectivity index (χ0n) is 12.8. The molecule has 2 aliphatic rings. The maximum absolute atomic E-state index is 13.0. The maximum atomic E-state index is 13.0. The van der Waals surface area contributed by atoms with Crippen molar-refractivity contribution in [2.45, 2.75) is 37.7 Å². The molecule has 2 atom stereocenters. The Morgan fingerprint density at radius 2 is 2.17 bits per heavy atom. The number of aliphatic hydroxyl groups is 1. The summed E-state index contributed by atoms with van der Waals surface area (Å²) in [4.78, 5) is 13.0. The first kappa shape index (κ1) is 14.3. The van der Waals surface area contributed by atoms with Gasteiger partial charge >= 0.3 is 0 Å². The first-order chi connectivity index (χ1) is 11.1. The van der Waals surface area contributed by atoms with Gasteiger partial charge in [-0.15, -0.1) is 0 Å². The minimum atomic E-state index is -0.392. The number of para-hydroxylation sites is 1. The van der Waals surface area contributed by atoms with Crippen molar-refractivity contribution in [3.05, 3.63) is 41.1 Å². The molecule has 1 aromatic carbocycles. The van der Waals surface area contributed by atoms with Crippen LogP contribution in [0.15, 0.2) is 24.3 Å². The van der Waals surface area contributed by atoms with Crippen LogP contribution in [0.1, 0.15) is 40.4 Å². The third kappa shape index (κ3) is 2.30. The van der Waals surface area contributed by atoms with Crippen molar-refractivity contribution in [3.8, 4) is 0 Å². The van der Waals surface area contributed by atoms with E-state index in [2.05, 4.69) is 10.4 Å².